The maximum absolute atomic E-state index is 12.6. The Labute approximate surface area is 189 Å². The van der Waals surface area contributed by atoms with Crippen molar-refractivity contribution in [1.82, 2.24) is 4.57 Å². The zero-order valence-corrected chi connectivity index (χ0v) is 19.6. The van der Waals surface area contributed by atoms with Gasteiger partial charge in [-0.3, -0.25) is 0 Å². The van der Waals surface area contributed by atoms with Crippen molar-refractivity contribution in [3.05, 3.63) is 53.7 Å². The lowest BCUT2D eigenvalue weighted by Gasteiger charge is -2.24. The smallest absolute Gasteiger partial charge is 0.354 e. The number of aryl methyl sites for hydroxylation is 1. The number of nitrogens with zero attached hydrogens (tertiary/aromatic N) is 2. The molecule has 4 rings (SSSR count). The molecule has 0 saturated carbocycles. The number of hydrogen-bond acceptors (Lipinski definition) is 5. The number of methoxy groups -OCH3 is 2. The first-order chi connectivity index (χ1) is 15.3. The van der Waals surface area contributed by atoms with Crippen LogP contribution < -0.4 is 14.4 Å². The molecule has 2 heterocycles. The van der Waals surface area contributed by atoms with Crippen molar-refractivity contribution in [3.63, 3.8) is 0 Å². The standard InChI is InChI=1S/C26H30N2O4/c1-16(2)32-24-13-18-11-12-28-22(26(29)31-6)14-20(25(28)21(18)15-23(24)30-5)17-7-9-19(10-8-17)27(3)4/h7-10,13-16H,11-12H2,1-6H3. The maximum Gasteiger partial charge on any atom is 0.354 e. The Bertz CT molecular complexity index is 1140. The van der Waals surface area contributed by atoms with E-state index in [1.807, 2.05) is 40.1 Å². The van der Waals surface area contributed by atoms with E-state index in [4.69, 9.17) is 14.2 Å². The molecule has 32 heavy (non-hydrogen) atoms. The van der Waals surface area contributed by atoms with Crippen molar-refractivity contribution in [1.29, 1.82) is 0 Å². The summed E-state index contributed by atoms with van der Waals surface area (Å²) in [5.74, 6) is 1.09. The maximum atomic E-state index is 12.6. The van der Waals surface area contributed by atoms with Crippen LogP contribution in [0.25, 0.3) is 22.4 Å². The monoisotopic (exact) mass is 434 g/mol. The fourth-order valence-corrected chi connectivity index (χ4v) is 4.27. The van der Waals surface area contributed by atoms with E-state index in [0.29, 0.717) is 18.0 Å². The van der Waals surface area contributed by atoms with E-state index in [9.17, 15) is 4.79 Å². The van der Waals surface area contributed by atoms with Crippen LogP contribution in [0, 0.1) is 0 Å². The number of ether oxygens (including phenoxy) is 3. The molecule has 0 radical (unpaired) electrons. The van der Waals surface area contributed by atoms with Crippen molar-refractivity contribution in [2.24, 2.45) is 0 Å². The molecule has 6 nitrogen and oxygen atoms in total. The molecule has 6 heteroatoms. The summed E-state index contributed by atoms with van der Waals surface area (Å²) in [5, 5.41) is 0. The van der Waals surface area contributed by atoms with Crippen LogP contribution >= 0.6 is 0 Å². The van der Waals surface area contributed by atoms with Gasteiger partial charge in [0.05, 0.1) is 26.0 Å². The van der Waals surface area contributed by atoms with Gasteiger partial charge in [-0.15, -0.1) is 0 Å². The molecule has 0 N–H and O–H groups in total. The SMILES string of the molecule is COC(=O)c1cc(-c2ccc(N(C)C)cc2)c2n1CCc1cc(OC(C)C)c(OC)cc1-2. The number of carbonyl (C=O) groups excluding carboxylic acids is 1. The van der Waals surface area contributed by atoms with Gasteiger partial charge in [0.15, 0.2) is 11.5 Å². The van der Waals surface area contributed by atoms with Gasteiger partial charge in [0, 0.05) is 37.5 Å². The molecule has 0 atom stereocenters. The van der Waals surface area contributed by atoms with Crippen molar-refractivity contribution < 1.29 is 19.0 Å². The lowest BCUT2D eigenvalue weighted by Crippen LogP contribution is -2.17. The van der Waals surface area contributed by atoms with E-state index in [-0.39, 0.29) is 12.1 Å². The summed E-state index contributed by atoms with van der Waals surface area (Å²) < 4.78 is 18.8. The molecule has 0 spiro atoms. The molecule has 2 aromatic carbocycles. The summed E-state index contributed by atoms with van der Waals surface area (Å²) in [5.41, 5.74) is 6.94. The molecule has 0 aliphatic carbocycles. The summed E-state index contributed by atoms with van der Waals surface area (Å²) in [6, 6.07) is 14.4. The molecule has 0 amide bonds. The number of hydrogen-bond donors (Lipinski definition) is 0. The lowest BCUT2D eigenvalue weighted by atomic mass is 9.93. The molecule has 3 aromatic rings. The minimum absolute atomic E-state index is 0.0473. The normalized spacial score (nSPS) is 12.2. The summed E-state index contributed by atoms with van der Waals surface area (Å²) in [4.78, 5) is 14.7. The molecule has 0 unspecified atom stereocenters. The summed E-state index contributed by atoms with van der Waals surface area (Å²) >= 11 is 0. The third kappa shape index (κ3) is 3.81. The summed E-state index contributed by atoms with van der Waals surface area (Å²) in [7, 11) is 7.11. The lowest BCUT2D eigenvalue weighted by molar-refractivity contribution is 0.0588. The highest BCUT2D eigenvalue weighted by Gasteiger charge is 2.28. The van der Waals surface area contributed by atoms with E-state index in [1.54, 1.807) is 7.11 Å². The molecule has 1 aromatic heterocycles. The highest BCUT2D eigenvalue weighted by molar-refractivity contribution is 5.95. The number of rotatable bonds is 6. The predicted molar refractivity (Wildman–Crippen MR) is 127 cm³/mol. The van der Waals surface area contributed by atoms with Crippen LogP contribution in [0.5, 0.6) is 11.5 Å². The molecular weight excluding hydrogens is 404 g/mol. The van der Waals surface area contributed by atoms with E-state index in [2.05, 4.69) is 39.8 Å². The number of fused-ring (bicyclic) bond motifs is 3. The van der Waals surface area contributed by atoms with Gasteiger partial charge < -0.3 is 23.7 Å². The minimum Gasteiger partial charge on any atom is -0.493 e. The van der Waals surface area contributed by atoms with Crippen LogP contribution in [0.3, 0.4) is 0 Å². The number of benzene rings is 2. The quantitative estimate of drug-likeness (QED) is 0.510. The second-order valence-corrected chi connectivity index (χ2v) is 8.45. The topological polar surface area (TPSA) is 52.9 Å². The van der Waals surface area contributed by atoms with Gasteiger partial charge in [-0.2, -0.15) is 0 Å². The second kappa shape index (κ2) is 8.61. The van der Waals surface area contributed by atoms with Gasteiger partial charge >= 0.3 is 5.97 Å². The number of aromatic nitrogens is 1. The third-order valence-electron chi connectivity index (χ3n) is 5.80. The molecule has 1 aliphatic heterocycles. The van der Waals surface area contributed by atoms with E-state index in [1.165, 1.54) is 12.7 Å². The third-order valence-corrected chi connectivity index (χ3v) is 5.80. The number of esters is 1. The largest absolute Gasteiger partial charge is 0.493 e. The van der Waals surface area contributed by atoms with Crippen molar-refractivity contribution in [3.8, 4) is 33.9 Å². The van der Waals surface area contributed by atoms with Crippen LogP contribution in [-0.2, 0) is 17.7 Å². The van der Waals surface area contributed by atoms with E-state index < -0.39 is 0 Å². The summed E-state index contributed by atoms with van der Waals surface area (Å²) in [6.45, 7) is 4.69. The Morgan fingerprint density at radius 1 is 1.00 bits per heavy atom. The zero-order valence-electron chi connectivity index (χ0n) is 19.6. The highest BCUT2D eigenvalue weighted by atomic mass is 16.5. The molecule has 168 valence electrons. The fraction of sp³-hybridized carbons (Fsp3) is 0.346. The van der Waals surface area contributed by atoms with Gasteiger partial charge in [0.2, 0.25) is 0 Å². The van der Waals surface area contributed by atoms with Gasteiger partial charge in [-0.1, -0.05) is 12.1 Å². The van der Waals surface area contributed by atoms with Crippen molar-refractivity contribution >= 4 is 11.7 Å². The van der Waals surface area contributed by atoms with Crippen LogP contribution in [0.2, 0.25) is 0 Å². The first kappa shape index (κ1) is 21.8. The Morgan fingerprint density at radius 2 is 1.72 bits per heavy atom. The zero-order chi connectivity index (χ0) is 23.0. The fourth-order valence-electron chi connectivity index (χ4n) is 4.27. The Morgan fingerprint density at radius 3 is 2.31 bits per heavy atom. The van der Waals surface area contributed by atoms with Crippen LogP contribution in [0.15, 0.2) is 42.5 Å². The average Bonchev–Trinajstić information content (AvgIpc) is 3.17. The van der Waals surface area contributed by atoms with Crippen LogP contribution in [0.4, 0.5) is 5.69 Å². The predicted octanol–water partition coefficient (Wildman–Crippen LogP) is 5.03. The molecule has 0 fully saturated rings. The van der Waals surface area contributed by atoms with Crippen LogP contribution in [0.1, 0.15) is 29.9 Å². The van der Waals surface area contributed by atoms with Crippen LogP contribution in [-0.4, -0.2) is 45.0 Å². The average molecular weight is 435 g/mol. The first-order valence-corrected chi connectivity index (χ1v) is 10.8. The van der Waals surface area contributed by atoms with Gasteiger partial charge in [-0.25, -0.2) is 4.79 Å². The van der Waals surface area contributed by atoms with Gasteiger partial charge in [-0.05, 0) is 61.7 Å². The molecule has 0 bridgehead atoms. The summed E-state index contributed by atoms with van der Waals surface area (Å²) in [6.07, 6.45) is 0.837. The van der Waals surface area contributed by atoms with E-state index >= 15 is 0 Å². The van der Waals surface area contributed by atoms with Gasteiger partial charge in [0.25, 0.3) is 0 Å². The second-order valence-electron chi connectivity index (χ2n) is 8.45. The Balaban J connectivity index is 1.92. The Hall–Kier alpha value is -3.41. The van der Waals surface area contributed by atoms with E-state index in [0.717, 1.165) is 40.2 Å². The highest BCUT2D eigenvalue weighted by Crippen LogP contribution is 2.44. The molecular formula is C26H30N2O4. The number of anilines is 1. The first-order valence-electron chi connectivity index (χ1n) is 10.8. The number of carbonyl (C=O) groups is 1. The minimum atomic E-state index is -0.336. The van der Waals surface area contributed by atoms with Crippen molar-refractivity contribution in [2.45, 2.75) is 32.9 Å². The Kier molecular flexibility index (Phi) is 5.87. The van der Waals surface area contributed by atoms with Crippen molar-refractivity contribution in [2.75, 3.05) is 33.2 Å². The molecule has 0 saturated heterocycles. The van der Waals surface area contributed by atoms with Gasteiger partial charge in [0.1, 0.15) is 5.69 Å². The molecule has 1 aliphatic rings.